The van der Waals surface area contributed by atoms with E-state index in [2.05, 4.69) is 0 Å². The first-order chi connectivity index (χ1) is 11.9. The van der Waals surface area contributed by atoms with Crippen LogP contribution in [0.2, 0.25) is 0 Å². The molecule has 2 aromatic carbocycles. The fourth-order valence-corrected chi connectivity index (χ4v) is 2.22. The minimum absolute atomic E-state index is 0.123. The minimum Gasteiger partial charge on any atom is -0.454 e. The van der Waals surface area contributed by atoms with E-state index in [-0.39, 0.29) is 11.3 Å². The maximum absolute atomic E-state index is 12.3. The Morgan fingerprint density at radius 1 is 1.12 bits per heavy atom. The van der Waals surface area contributed by atoms with Gasteiger partial charge in [0.05, 0.1) is 4.92 Å². The molecule has 1 atom stereocenters. The van der Waals surface area contributed by atoms with Crippen molar-refractivity contribution >= 4 is 23.5 Å². The van der Waals surface area contributed by atoms with Crippen molar-refractivity contribution in [3.05, 3.63) is 81.4 Å². The third-order valence-corrected chi connectivity index (χ3v) is 3.54. The number of nitro groups is 1. The third-order valence-electron chi connectivity index (χ3n) is 3.54. The molecule has 128 valence electrons. The molecule has 6 nitrogen and oxygen atoms in total. The van der Waals surface area contributed by atoms with Crippen molar-refractivity contribution in [2.75, 3.05) is 0 Å². The number of non-ortho nitro benzene ring substituents is 1. The summed E-state index contributed by atoms with van der Waals surface area (Å²) in [4.78, 5) is 34.5. The number of Topliss-reactive ketones (excluding diaryl/α,β-unsaturated/α-hetero) is 1. The molecule has 0 heterocycles. The summed E-state index contributed by atoms with van der Waals surface area (Å²) in [7, 11) is 0. The average molecular weight is 339 g/mol. The standard InChI is InChI=1S/C19H17NO5/c1-13(21)18(12-15-7-6-10-17(11-15)20(23)24)19(22)25-14(2)16-8-4-3-5-9-16/h3-12,14H,1-2H3/b18-12+. The lowest BCUT2D eigenvalue weighted by molar-refractivity contribution is -0.384. The van der Waals surface area contributed by atoms with E-state index in [0.29, 0.717) is 5.56 Å². The van der Waals surface area contributed by atoms with Gasteiger partial charge in [0, 0.05) is 12.1 Å². The fourth-order valence-electron chi connectivity index (χ4n) is 2.22. The summed E-state index contributed by atoms with van der Waals surface area (Å²) in [5, 5.41) is 10.8. The molecule has 6 heteroatoms. The summed E-state index contributed by atoms with van der Waals surface area (Å²) >= 11 is 0. The molecule has 0 saturated heterocycles. The van der Waals surface area contributed by atoms with Gasteiger partial charge in [-0.1, -0.05) is 42.5 Å². The number of hydrogen-bond acceptors (Lipinski definition) is 5. The molecule has 2 aromatic rings. The van der Waals surface area contributed by atoms with Crippen molar-refractivity contribution in [1.82, 2.24) is 0 Å². The number of nitro benzene ring substituents is 1. The molecule has 0 fully saturated rings. The van der Waals surface area contributed by atoms with Crippen molar-refractivity contribution in [3.8, 4) is 0 Å². The molecule has 25 heavy (non-hydrogen) atoms. The lowest BCUT2D eigenvalue weighted by Crippen LogP contribution is -2.15. The predicted molar refractivity (Wildman–Crippen MR) is 92.7 cm³/mol. The average Bonchev–Trinajstić information content (AvgIpc) is 2.60. The highest BCUT2D eigenvalue weighted by Crippen LogP contribution is 2.20. The lowest BCUT2D eigenvalue weighted by Gasteiger charge is -2.14. The zero-order chi connectivity index (χ0) is 18.4. The van der Waals surface area contributed by atoms with E-state index in [1.54, 1.807) is 13.0 Å². The summed E-state index contributed by atoms with van der Waals surface area (Å²) in [5.74, 6) is -1.24. The topological polar surface area (TPSA) is 86.5 Å². The number of carbonyl (C=O) groups is 2. The van der Waals surface area contributed by atoms with Gasteiger partial charge in [-0.25, -0.2) is 4.79 Å². The maximum Gasteiger partial charge on any atom is 0.342 e. The van der Waals surface area contributed by atoms with Gasteiger partial charge in [0.2, 0.25) is 0 Å². The second-order valence-corrected chi connectivity index (χ2v) is 5.42. The second kappa shape index (κ2) is 8.01. The molecule has 0 amide bonds. The quantitative estimate of drug-likeness (QED) is 0.199. The molecule has 0 aliphatic rings. The number of ether oxygens (including phenoxy) is 1. The number of nitrogens with zero attached hydrogens (tertiary/aromatic N) is 1. The Bertz CT molecular complexity index is 827. The summed E-state index contributed by atoms with van der Waals surface area (Å²) in [5.41, 5.74) is 0.892. The highest BCUT2D eigenvalue weighted by atomic mass is 16.6. The summed E-state index contributed by atoms with van der Waals surface area (Å²) in [6.45, 7) is 2.95. The molecule has 0 aliphatic carbocycles. The van der Waals surface area contributed by atoms with Crippen molar-refractivity contribution < 1.29 is 19.2 Å². The number of benzene rings is 2. The normalized spacial score (nSPS) is 12.3. The fraction of sp³-hybridized carbons (Fsp3) is 0.158. The van der Waals surface area contributed by atoms with Crippen LogP contribution < -0.4 is 0 Å². The molecule has 0 aliphatic heterocycles. The SMILES string of the molecule is CC(=O)/C(=C\c1cccc([N+](=O)[O-])c1)C(=O)OC(C)c1ccccc1. The highest BCUT2D eigenvalue weighted by molar-refractivity contribution is 6.19. The van der Waals surface area contributed by atoms with E-state index >= 15 is 0 Å². The van der Waals surface area contributed by atoms with Crippen molar-refractivity contribution in [2.45, 2.75) is 20.0 Å². The molecule has 0 radical (unpaired) electrons. The molecule has 0 bridgehead atoms. The van der Waals surface area contributed by atoms with Crippen molar-refractivity contribution in [1.29, 1.82) is 0 Å². The van der Waals surface area contributed by atoms with Crippen LogP contribution in [0.5, 0.6) is 0 Å². The van der Waals surface area contributed by atoms with Crippen LogP contribution in [0.3, 0.4) is 0 Å². The van der Waals surface area contributed by atoms with Crippen LogP contribution in [0.15, 0.2) is 60.2 Å². The molecular formula is C19H17NO5. The molecule has 0 N–H and O–H groups in total. The summed E-state index contributed by atoms with van der Waals surface area (Å²) in [6.07, 6.45) is 0.775. The lowest BCUT2D eigenvalue weighted by atomic mass is 10.1. The van der Waals surface area contributed by atoms with Crippen LogP contribution in [0, 0.1) is 10.1 Å². The Morgan fingerprint density at radius 2 is 1.80 bits per heavy atom. The zero-order valence-electron chi connectivity index (χ0n) is 13.8. The van der Waals surface area contributed by atoms with Crippen molar-refractivity contribution in [2.24, 2.45) is 0 Å². The smallest absolute Gasteiger partial charge is 0.342 e. The van der Waals surface area contributed by atoms with Crippen LogP contribution in [-0.2, 0) is 14.3 Å². The van der Waals surface area contributed by atoms with E-state index in [1.165, 1.54) is 31.2 Å². The van der Waals surface area contributed by atoms with E-state index < -0.39 is 22.8 Å². The molecule has 0 saturated carbocycles. The van der Waals surface area contributed by atoms with Gasteiger partial charge in [0.15, 0.2) is 5.78 Å². The van der Waals surface area contributed by atoms with Crippen LogP contribution in [0.1, 0.15) is 31.1 Å². The van der Waals surface area contributed by atoms with E-state index in [1.807, 2.05) is 30.3 Å². The van der Waals surface area contributed by atoms with Crippen LogP contribution in [0.25, 0.3) is 6.08 Å². The Balaban J connectivity index is 2.25. The molecule has 2 rings (SSSR count). The first kappa shape index (κ1) is 18.1. The van der Waals surface area contributed by atoms with Gasteiger partial charge in [-0.3, -0.25) is 14.9 Å². The maximum atomic E-state index is 12.3. The van der Waals surface area contributed by atoms with Crippen LogP contribution >= 0.6 is 0 Å². The van der Waals surface area contributed by atoms with E-state index in [0.717, 1.165) is 5.56 Å². The zero-order valence-corrected chi connectivity index (χ0v) is 13.8. The Morgan fingerprint density at radius 3 is 2.40 bits per heavy atom. The van der Waals surface area contributed by atoms with Gasteiger partial charge in [-0.15, -0.1) is 0 Å². The first-order valence-electron chi connectivity index (χ1n) is 7.61. The van der Waals surface area contributed by atoms with Gasteiger partial charge in [-0.2, -0.15) is 0 Å². The molecule has 1 unspecified atom stereocenters. The first-order valence-corrected chi connectivity index (χ1v) is 7.61. The summed E-state index contributed by atoms with van der Waals surface area (Å²) < 4.78 is 5.35. The monoisotopic (exact) mass is 339 g/mol. The number of esters is 1. The predicted octanol–water partition coefficient (Wildman–Crippen LogP) is 3.87. The Kier molecular flexibility index (Phi) is 5.79. The number of hydrogen-bond donors (Lipinski definition) is 0. The van der Waals surface area contributed by atoms with E-state index in [4.69, 9.17) is 4.74 Å². The number of ketones is 1. The molecule has 0 aromatic heterocycles. The van der Waals surface area contributed by atoms with Crippen molar-refractivity contribution in [3.63, 3.8) is 0 Å². The van der Waals surface area contributed by atoms with Crippen LogP contribution in [-0.4, -0.2) is 16.7 Å². The van der Waals surface area contributed by atoms with Gasteiger partial charge in [0.25, 0.3) is 5.69 Å². The largest absolute Gasteiger partial charge is 0.454 e. The Hall–Kier alpha value is -3.28. The van der Waals surface area contributed by atoms with E-state index in [9.17, 15) is 19.7 Å². The number of carbonyl (C=O) groups excluding carboxylic acids is 2. The molecular weight excluding hydrogens is 322 g/mol. The highest BCUT2D eigenvalue weighted by Gasteiger charge is 2.20. The molecule has 0 spiro atoms. The van der Waals surface area contributed by atoms with Gasteiger partial charge in [-0.05, 0) is 31.1 Å². The van der Waals surface area contributed by atoms with Gasteiger partial charge < -0.3 is 4.74 Å². The third kappa shape index (κ3) is 4.84. The Labute approximate surface area is 144 Å². The summed E-state index contributed by atoms with van der Waals surface area (Å²) in [6, 6.07) is 14.8. The van der Waals surface area contributed by atoms with Crippen LogP contribution in [0.4, 0.5) is 5.69 Å². The second-order valence-electron chi connectivity index (χ2n) is 5.42. The number of rotatable bonds is 6. The van der Waals surface area contributed by atoms with Gasteiger partial charge in [0.1, 0.15) is 11.7 Å². The van der Waals surface area contributed by atoms with Gasteiger partial charge >= 0.3 is 5.97 Å². The minimum atomic E-state index is -0.768.